The van der Waals surface area contributed by atoms with E-state index in [-0.39, 0.29) is 12.2 Å². The lowest BCUT2D eigenvalue weighted by Gasteiger charge is -2.45. The standard InChI is InChI=1S/C15H17F3O2/c16-15(17,18)13-11-5-1-2-6-12(11)14(9-20-13)7-3-4-10(19)8-14/h1-2,5-6,10,13,19H,3-4,7-9H2. The molecule has 2 nitrogen and oxygen atoms in total. The first kappa shape index (κ1) is 13.9. The summed E-state index contributed by atoms with van der Waals surface area (Å²) in [4.78, 5) is 0. The van der Waals surface area contributed by atoms with Crippen LogP contribution in [0.2, 0.25) is 0 Å². The van der Waals surface area contributed by atoms with E-state index in [0.717, 1.165) is 12.8 Å². The van der Waals surface area contributed by atoms with Crippen molar-refractivity contribution in [1.29, 1.82) is 0 Å². The fourth-order valence-corrected chi connectivity index (χ4v) is 3.60. The molecule has 3 atom stereocenters. The van der Waals surface area contributed by atoms with Gasteiger partial charge in [0.25, 0.3) is 0 Å². The van der Waals surface area contributed by atoms with Crippen LogP contribution in [0.1, 0.15) is 42.9 Å². The molecule has 1 N–H and O–H groups in total. The van der Waals surface area contributed by atoms with Crippen LogP contribution in [0.15, 0.2) is 24.3 Å². The van der Waals surface area contributed by atoms with Crippen LogP contribution in [0.3, 0.4) is 0 Å². The molecule has 1 aliphatic heterocycles. The summed E-state index contributed by atoms with van der Waals surface area (Å²) in [5.41, 5.74) is 0.448. The van der Waals surface area contributed by atoms with Crippen LogP contribution in [0.4, 0.5) is 13.2 Å². The topological polar surface area (TPSA) is 29.5 Å². The highest BCUT2D eigenvalue weighted by Gasteiger charge is 2.51. The highest BCUT2D eigenvalue weighted by atomic mass is 19.4. The minimum atomic E-state index is -4.40. The van der Waals surface area contributed by atoms with Gasteiger partial charge in [0.15, 0.2) is 6.10 Å². The number of aliphatic hydroxyl groups is 1. The largest absolute Gasteiger partial charge is 0.418 e. The summed E-state index contributed by atoms with van der Waals surface area (Å²) in [5, 5.41) is 9.90. The molecule has 1 spiro atoms. The normalized spacial score (nSPS) is 34.0. The van der Waals surface area contributed by atoms with Crippen molar-refractivity contribution in [2.24, 2.45) is 0 Å². The predicted octanol–water partition coefficient (Wildman–Crippen LogP) is 3.49. The van der Waals surface area contributed by atoms with E-state index in [0.29, 0.717) is 18.4 Å². The summed E-state index contributed by atoms with van der Waals surface area (Å²) in [7, 11) is 0. The smallest absolute Gasteiger partial charge is 0.393 e. The Morgan fingerprint density at radius 2 is 2.00 bits per heavy atom. The second-order valence-corrected chi connectivity index (χ2v) is 5.85. The lowest BCUT2D eigenvalue weighted by Crippen LogP contribution is -2.45. The Balaban J connectivity index is 2.05. The molecule has 0 saturated heterocycles. The quantitative estimate of drug-likeness (QED) is 0.791. The predicted molar refractivity (Wildman–Crippen MR) is 67.3 cm³/mol. The van der Waals surface area contributed by atoms with E-state index in [2.05, 4.69) is 0 Å². The number of rotatable bonds is 0. The molecule has 0 bridgehead atoms. The first-order valence-corrected chi connectivity index (χ1v) is 6.88. The second kappa shape index (κ2) is 4.74. The maximum Gasteiger partial charge on any atom is 0.418 e. The van der Waals surface area contributed by atoms with Gasteiger partial charge in [-0.15, -0.1) is 0 Å². The SMILES string of the molecule is OC1CCCC2(COC(C(F)(F)F)c3ccccc32)C1. The fraction of sp³-hybridized carbons (Fsp3) is 0.600. The van der Waals surface area contributed by atoms with Crippen molar-refractivity contribution in [2.75, 3.05) is 6.61 Å². The maximum atomic E-state index is 13.1. The van der Waals surface area contributed by atoms with Crippen molar-refractivity contribution in [3.05, 3.63) is 35.4 Å². The summed E-state index contributed by atoms with van der Waals surface area (Å²) in [6.45, 7) is 0.0330. The lowest BCUT2D eigenvalue weighted by molar-refractivity contribution is -0.235. The van der Waals surface area contributed by atoms with Crippen LogP contribution in [-0.4, -0.2) is 24.0 Å². The molecule has 0 radical (unpaired) electrons. The molecule has 1 saturated carbocycles. The third-order valence-electron chi connectivity index (χ3n) is 4.46. The third-order valence-corrected chi connectivity index (χ3v) is 4.46. The van der Waals surface area contributed by atoms with Crippen molar-refractivity contribution in [3.8, 4) is 0 Å². The van der Waals surface area contributed by atoms with Crippen molar-refractivity contribution >= 4 is 0 Å². The number of alkyl halides is 3. The molecule has 1 aromatic rings. The lowest BCUT2D eigenvalue weighted by atomic mass is 9.66. The van der Waals surface area contributed by atoms with Gasteiger partial charge < -0.3 is 9.84 Å². The summed E-state index contributed by atoms with van der Waals surface area (Å²) in [6, 6.07) is 6.63. The van der Waals surface area contributed by atoms with E-state index in [1.54, 1.807) is 18.2 Å². The van der Waals surface area contributed by atoms with E-state index in [4.69, 9.17) is 4.74 Å². The number of halogens is 3. The Hall–Kier alpha value is -1.07. The number of hydrogen-bond acceptors (Lipinski definition) is 2. The summed E-state index contributed by atoms with van der Waals surface area (Å²) >= 11 is 0. The van der Waals surface area contributed by atoms with Crippen LogP contribution in [0.5, 0.6) is 0 Å². The van der Waals surface area contributed by atoms with Gasteiger partial charge in [-0.3, -0.25) is 0 Å². The molecular formula is C15H17F3O2. The monoisotopic (exact) mass is 286 g/mol. The highest BCUT2D eigenvalue weighted by molar-refractivity contribution is 5.39. The maximum absolute atomic E-state index is 13.1. The van der Waals surface area contributed by atoms with Gasteiger partial charge in [-0.25, -0.2) is 0 Å². The molecule has 3 unspecified atom stereocenters. The summed E-state index contributed by atoms with van der Waals surface area (Å²) < 4.78 is 44.4. The van der Waals surface area contributed by atoms with Crippen molar-refractivity contribution < 1.29 is 23.0 Å². The van der Waals surface area contributed by atoms with E-state index in [9.17, 15) is 18.3 Å². The van der Waals surface area contributed by atoms with Crippen LogP contribution in [0, 0.1) is 0 Å². The molecule has 2 aliphatic rings. The van der Waals surface area contributed by atoms with E-state index in [1.807, 2.05) is 0 Å². The van der Waals surface area contributed by atoms with Gasteiger partial charge in [-0.1, -0.05) is 24.3 Å². The van der Waals surface area contributed by atoms with E-state index < -0.39 is 23.8 Å². The van der Waals surface area contributed by atoms with Crippen molar-refractivity contribution in [1.82, 2.24) is 0 Å². The fourth-order valence-electron chi connectivity index (χ4n) is 3.60. The van der Waals surface area contributed by atoms with Gasteiger partial charge in [0.1, 0.15) is 0 Å². The zero-order chi connectivity index (χ0) is 14.4. The molecule has 1 aliphatic carbocycles. The molecule has 1 aromatic carbocycles. The Kier molecular flexibility index (Phi) is 3.29. The Morgan fingerprint density at radius 3 is 2.70 bits per heavy atom. The highest BCUT2D eigenvalue weighted by Crippen LogP contribution is 2.50. The van der Waals surface area contributed by atoms with Crippen molar-refractivity contribution in [2.45, 2.75) is 49.5 Å². The van der Waals surface area contributed by atoms with Crippen LogP contribution >= 0.6 is 0 Å². The van der Waals surface area contributed by atoms with Crippen LogP contribution < -0.4 is 0 Å². The van der Waals surface area contributed by atoms with Gasteiger partial charge in [-0.05, 0) is 36.8 Å². The molecule has 110 valence electrons. The number of benzene rings is 1. The van der Waals surface area contributed by atoms with Crippen molar-refractivity contribution in [3.63, 3.8) is 0 Å². The minimum absolute atomic E-state index is 0.0330. The van der Waals surface area contributed by atoms with Gasteiger partial charge >= 0.3 is 6.18 Å². The zero-order valence-electron chi connectivity index (χ0n) is 11.0. The van der Waals surface area contributed by atoms with E-state index >= 15 is 0 Å². The van der Waals surface area contributed by atoms with Gasteiger partial charge in [0.05, 0.1) is 12.7 Å². The minimum Gasteiger partial charge on any atom is -0.393 e. The molecular weight excluding hydrogens is 269 g/mol. The molecule has 3 rings (SSSR count). The number of hydrogen-bond donors (Lipinski definition) is 1. The Morgan fingerprint density at radius 1 is 1.25 bits per heavy atom. The second-order valence-electron chi connectivity index (χ2n) is 5.85. The number of aliphatic hydroxyl groups excluding tert-OH is 1. The summed E-state index contributed by atoms with van der Waals surface area (Å²) in [6.07, 6.45) is -3.92. The number of fused-ring (bicyclic) bond motifs is 2. The third kappa shape index (κ3) is 2.23. The van der Waals surface area contributed by atoms with Gasteiger partial charge in [0.2, 0.25) is 0 Å². The summed E-state index contributed by atoms with van der Waals surface area (Å²) in [5.74, 6) is 0. The molecule has 0 aromatic heterocycles. The van der Waals surface area contributed by atoms with Crippen LogP contribution in [0.25, 0.3) is 0 Å². The molecule has 1 fully saturated rings. The molecule has 1 heterocycles. The van der Waals surface area contributed by atoms with Gasteiger partial charge in [0, 0.05) is 5.41 Å². The van der Waals surface area contributed by atoms with Crippen LogP contribution in [-0.2, 0) is 10.2 Å². The van der Waals surface area contributed by atoms with E-state index in [1.165, 1.54) is 6.07 Å². The molecule has 5 heteroatoms. The first-order chi connectivity index (χ1) is 9.42. The Bertz CT molecular complexity index is 500. The average Bonchev–Trinajstić information content (AvgIpc) is 2.38. The number of ether oxygens (including phenoxy) is 1. The zero-order valence-corrected chi connectivity index (χ0v) is 11.0. The molecule has 0 amide bonds. The first-order valence-electron chi connectivity index (χ1n) is 6.88. The van der Waals surface area contributed by atoms with Gasteiger partial charge in [-0.2, -0.15) is 13.2 Å². The Labute approximate surface area is 115 Å². The average molecular weight is 286 g/mol. The molecule has 20 heavy (non-hydrogen) atoms.